The molecule has 3 aromatic carbocycles. The first-order valence-corrected chi connectivity index (χ1v) is 13.9. The minimum absolute atomic E-state index is 0.0559. The highest BCUT2D eigenvalue weighted by atomic mass is 35.5. The summed E-state index contributed by atoms with van der Waals surface area (Å²) in [6, 6.07) is 25.4. The van der Waals surface area contributed by atoms with E-state index >= 15 is 0 Å². The molecule has 1 amide bonds. The molecule has 1 aliphatic heterocycles. The van der Waals surface area contributed by atoms with Crippen LogP contribution in [0.2, 0.25) is 5.02 Å². The number of nitrogens with zero attached hydrogens (tertiary/aromatic N) is 3. The summed E-state index contributed by atoms with van der Waals surface area (Å²) in [5.41, 5.74) is 4.50. The van der Waals surface area contributed by atoms with Gasteiger partial charge in [0.25, 0.3) is 5.91 Å². The number of hydrogen-bond acceptors (Lipinski definition) is 5. The van der Waals surface area contributed by atoms with E-state index in [1.54, 1.807) is 4.90 Å². The van der Waals surface area contributed by atoms with Gasteiger partial charge in [0, 0.05) is 28.4 Å². The fourth-order valence-corrected chi connectivity index (χ4v) is 5.65. The summed E-state index contributed by atoms with van der Waals surface area (Å²) >= 11 is 12.8. The minimum Gasteiger partial charge on any atom is -0.489 e. The first-order chi connectivity index (χ1) is 18.4. The molecule has 192 valence electrons. The van der Waals surface area contributed by atoms with Crippen molar-refractivity contribution >= 4 is 51.9 Å². The topological polar surface area (TPSA) is 47.4 Å². The van der Waals surface area contributed by atoms with Gasteiger partial charge < -0.3 is 4.74 Å². The van der Waals surface area contributed by atoms with Gasteiger partial charge in [-0.3, -0.25) is 9.69 Å². The Morgan fingerprint density at radius 1 is 1.05 bits per heavy atom. The van der Waals surface area contributed by atoms with Gasteiger partial charge in [-0.1, -0.05) is 72.8 Å². The summed E-state index contributed by atoms with van der Waals surface area (Å²) in [7, 11) is 0. The molecule has 1 unspecified atom stereocenters. The van der Waals surface area contributed by atoms with Crippen molar-refractivity contribution in [2.24, 2.45) is 0 Å². The van der Waals surface area contributed by atoms with Crippen LogP contribution in [0.4, 0.5) is 0 Å². The fraction of sp³-hybridized carbons (Fsp3) is 0.167. The zero-order chi connectivity index (χ0) is 26.6. The van der Waals surface area contributed by atoms with Crippen molar-refractivity contribution in [2.45, 2.75) is 32.9 Å². The molecule has 1 fully saturated rings. The van der Waals surface area contributed by atoms with Gasteiger partial charge >= 0.3 is 0 Å². The van der Waals surface area contributed by atoms with Gasteiger partial charge in [0.1, 0.15) is 16.7 Å². The number of thioether (sulfide) groups is 1. The Kier molecular flexibility index (Phi) is 7.98. The van der Waals surface area contributed by atoms with E-state index in [2.05, 4.69) is 6.92 Å². The smallest absolute Gasteiger partial charge is 0.266 e. The highest BCUT2D eigenvalue weighted by molar-refractivity contribution is 8.26. The minimum atomic E-state index is -0.0568. The number of para-hydroxylation sites is 1. The zero-order valence-electron chi connectivity index (χ0n) is 21.0. The van der Waals surface area contributed by atoms with E-state index in [1.165, 1.54) is 11.8 Å². The van der Waals surface area contributed by atoms with Gasteiger partial charge in [-0.15, -0.1) is 0 Å². The second kappa shape index (κ2) is 11.6. The molecular weight excluding hydrogens is 534 g/mol. The standard InChI is InChI=1S/C30H26ClN3O2S2/c1-3-20(2)34-29(35)27(38-30(34)37)17-23-18-33(25-7-5-4-6-8-25)32-28(23)22-11-15-26(16-12-22)36-19-21-9-13-24(31)14-10-21/h4-18,20H,3,19H2,1-2H3/b27-17-. The number of carbonyl (C=O) groups excluding carboxylic acids is 1. The van der Waals surface area contributed by atoms with E-state index in [0.717, 1.165) is 40.2 Å². The number of amides is 1. The number of rotatable bonds is 8. The lowest BCUT2D eigenvalue weighted by Gasteiger charge is -2.21. The second-order valence-electron chi connectivity index (χ2n) is 8.96. The van der Waals surface area contributed by atoms with Gasteiger partial charge in [-0.25, -0.2) is 4.68 Å². The predicted octanol–water partition coefficient (Wildman–Crippen LogP) is 7.77. The fourth-order valence-electron chi connectivity index (χ4n) is 4.07. The second-order valence-corrected chi connectivity index (χ2v) is 11.1. The summed E-state index contributed by atoms with van der Waals surface area (Å²) in [6.45, 7) is 4.52. The largest absolute Gasteiger partial charge is 0.489 e. The van der Waals surface area contributed by atoms with E-state index < -0.39 is 0 Å². The van der Waals surface area contributed by atoms with Crippen LogP contribution in [-0.2, 0) is 11.4 Å². The summed E-state index contributed by atoms with van der Waals surface area (Å²) in [4.78, 5) is 15.5. The van der Waals surface area contributed by atoms with Gasteiger partial charge in [-0.05, 0) is 73.5 Å². The molecule has 8 heteroatoms. The maximum atomic E-state index is 13.2. The molecule has 0 radical (unpaired) electrons. The molecule has 5 rings (SSSR count). The van der Waals surface area contributed by atoms with E-state index in [0.29, 0.717) is 20.9 Å². The number of benzene rings is 3. The number of thiocarbonyl (C=S) groups is 1. The first-order valence-electron chi connectivity index (χ1n) is 12.3. The van der Waals surface area contributed by atoms with Crippen LogP contribution in [0.3, 0.4) is 0 Å². The zero-order valence-corrected chi connectivity index (χ0v) is 23.4. The first kappa shape index (κ1) is 26.2. The molecule has 4 aromatic rings. The molecule has 2 heterocycles. The molecule has 1 saturated heterocycles. The van der Waals surface area contributed by atoms with Crippen LogP contribution < -0.4 is 4.74 Å². The Morgan fingerprint density at radius 2 is 1.76 bits per heavy atom. The van der Waals surface area contributed by atoms with Crippen molar-refractivity contribution in [3.05, 3.63) is 106 Å². The molecule has 0 N–H and O–H groups in total. The maximum absolute atomic E-state index is 13.2. The van der Waals surface area contributed by atoms with E-state index in [1.807, 2.05) is 103 Å². The van der Waals surface area contributed by atoms with Gasteiger partial charge in [0.15, 0.2) is 0 Å². The third kappa shape index (κ3) is 5.70. The average Bonchev–Trinajstić information content (AvgIpc) is 3.49. The third-order valence-electron chi connectivity index (χ3n) is 6.35. The molecule has 0 saturated carbocycles. The van der Waals surface area contributed by atoms with Crippen molar-refractivity contribution in [1.82, 2.24) is 14.7 Å². The third-order valence-corrected chi connectivity index (χ3v) is 7.93. The van der Waals surface area contributed by atoms with Crippen LogP contribution in [0, 0.1) is 0 Å². The summed E-state index contributed by atoms with van der Waals surface area (Å²) in [5, 5.41) is 5.59. The Bertz CT molecular complexity index is 1480. The molecule has 1 atom stereocenters. The van der Waals surface area contributed by atoms with Crippen LogP contribution in [0.15, 0.2) is 90.0 Å². The Labute approximate surface area is 237 Å². The molecule has 0 aliphatic carbocycles. The summed E-state index contributed by atoms with van der Waals surface area (Å²) in [5.74, 6) is 0.695. The number of carbonyl (C=O) groups is 1. The van der Waals surface area contributed by atoms with Crippen LogP contribution in [0.1, 0.15) is 31.4 Å². The van der Waals surface area contributed by atoms with Crippen molar-refractivity contribution in [3.8, 4) is 22.7 Å². The maximum Gasteiger partial charge on any atom is 0.266 e. The van der Waals surface area contributed by atoms with Gasteiger partial charge in [-0.2, -0.15) is 5.10 Å². The number of halogens is 1. The Balaban J connectivity index is 1.45. The molecular formula is C30H26ClN3O2S2. The van der Waals surface area contributed by atoms with Crippen LogP contribution >= 0.6 is 35.6 Å². The number of ether oxygens (including phenoxy) is 1. The Hall–Kier alpha value is -3.39. The van der Waals surface area contributed by atoms with Gasteiger partial charge in [0.05, 0.1) is 16.3 Å². The number of hydrogen-bond donors (Lipinski definition) is 0. The SMILES string of the molecule is CCC(C)N1C(=O)/C(=C/c2cn(-c3ccccc3)nc2-c2ccc(OCc3ccc(Cl)cc3)cc2)SC1=S. The Morgan fingerprint density at radius 3 is 2.45 bits per heavy atom. The highest BCUT2D eigenvalue weighted by Gasteiger charge is 2.35. The van der Waals surface area contributed by atoms with Crippen molar-refractivity contribution in [1.29, 1.82) is 0 Å². The van der Waals surface area contributed by atoms with Crippen molar-refractivity contribution < 1.29 is 9.53 Å². The van der Waals surface area contributed by atoms with Crippen molar-refractivity contribution in [3.63, 3.8) is 0 Å². The normalized spacial score (nSPS) is 15.3. The monoisotopic (exact) mass is 559 g/mol. The molecule has 5 nitrogen and oxygen atoms in total. The molecule has 1 aliphatic rings. The van der Waals surface area contributed by atoms with E-state index in [4.69, 9.17) is 33.7 Å². The molecule has 0 spiro atoms. The lowest BCUT2D eigenvalue weighted by molar-refractivity contribution is -0.123. The summed E-state index contributed by atoms with van der Waals surface area (Å²) < 4.78 is 8.38. The van der Waals surface area contributed by atoms with Crippen LogP contribution in [-0.4, -0.2) is 30.9 Å². The van der Waals surface area contributed by atoms with Crippen LogP contribution in [0.5, 0.6) is 5.75 Å². The molecule has 38 heavy (non-hydrogen) atoms. The predicted molar refractivity (Wildman–Crippen MR) is 160 cm³/mol. The molecule has 0 bridgehead atoms. The average molecular weight is 560 g/mol. The van der Waals surface area contributed by atoms with Crippen LogP contribution in [0.25, 0.3) is 23.0 Å². The lowest BCUT2D eigenvalue weighted by Crippen LogP contribution is -2.36. The van der Waals surface area contributed by atoms with E-state index in [9.17, 15) is 4.79 Å². The quantitative estimate of drug-likeness (QED) is 0.163. The van der Waals surface area contributed by atoms with E-state index in [-0.39, 0.29) is 11.9 Å². The lowest BCUT2D eigenvalue weighted by atomic mass is 10.1. The van der Waals surface area contributed by atoms with Gasteiger partial charge in [0.2, 0.25) is 0 Å². The highest BCUT2D eigenvalue weighted by Crippen LogP contribution is 2.36. The number of aromatic nitrogens is 2. The van der Waals surface area contributed by atoms with Crippen molar-refractivity contribution in [2.75, 3.05) is 0 Å². The molecule has 1 aromatic heterocycles. The summed E-state index contributed by atoms with van der Waals surface area (Å²) in [6.07, 6.45) is 4.68.